The highest BCUT2D eigenvalue weighted by molar-refractivity contribution is 5.98. The Morgan fingerprint density at radius 2 is 2.14 bits per heavy atom. The molecule has 0 bridgehead atoms. The van der Waals surface area contributed by atoms with E-state index in [-0.39, 0.29) is 34.6 Å². The van der Waals surface area contributed by atoms with Crippen LogP contribution in [0.25, 0.3) is 0 Å². The Hall–Kier alpha value is -2.35. The zero-order valence-corrected chi connectivity index (χ0v) is 11.7. The summed E-state index contributed by atoms with van der Waals surface area (Å²) in [4.78, 5) is 22.6. The van der Waals surface area contributed by atoms with Gasteiger partial charge in [0.1, 0.15) is 11.4 Å². The lowest BCUT2D eigenvalue weighted by Crippen LogP contribution is -2.42. The number of anilines is 1. The van der Waals surface area contributed by atoms with E-state index in [1.807, 2.05) is 0 Å². The lowest BCUT2D eigenvalue weighted by molar-refractivity contribution is -0.383. The highest BCUT2D eigenvalue weighted by atomic mass is 16.6. The van der Waals surface area contributed by atoms with E-state index in [0.717, 1.165) is 32.0 Å². The summed E-state index contributed by atoms with van der Waals surface area (Å²) < 4.78 is 5.10. The van der Waals surface area contributed by atoms with Gasteiger partial charge in [-0.05, 0) is 25.9 Å². The monoisotopic (exact) mass is 294 g/mol. The van der Waals surface area contributed by atoms with Crippen LogP contribution in [0.2, 0.25) is 0 Å². The first-order valence-electron chi connectivity index (χ1n) is 6.66. The van der Waals surface area contributed by atoms with Crippen molar-refractivity contribution >= 4 is 17.3 Å². The molecule has 0 unspecified atom stereocenters. The van der Waals surface area contributed by atoms with E-state index in [0.29, 0.717) is 0 Å². The van der Waals surface area contributed by atoms with E-state index in [2.05, 4.69) is 10.6 Å². The molecule has 0 aromatic heterocycles. The molecular formula is C13H18N4O4. The number of rotatable bonds is 4. The molecule has 114 valence electrons. The molecule has 0 aliphatic carbocycles. The highest BCUT2D eigenvalue weighted by Gasteiger charge is 2.23. The molecule has 8 nitrogen and oxygen atoms in total. The highest BCUT2D eigenvalue weighted by Crippen LogP contribution is 2.30. The topological polar surface area (TPSA) is 120 Å². The number of nitrogen functional groups attached to an aromatic ring is 1. The number of benzene rings is 1. The van der Waals surface area contributed by atoms with Gasteiger partial charge in [0.05, 0.1) is 17.6 Å². The van der Waals surface area contributed by atoms with Gasteiger partial charge in [-0.25, -0.2) is 0 Å². The van der Waals surface area contributed by atoms with Crippen molar-refractivity contribution < 1.29 is 14.5 Å². The summed E-state index contributed by atoms with van der Waals surface area (Å²) in [6.45, 7) is 1.67. The summed E-state index contributed by atoms with van der Waals surface area (Å²) in [5, 5.41) is 17.0. The Balaban J connectivity index is 2.25. The third kappa shape index (κ3) is 3.40. The number of hydrogen-bond acceptors (Lipinski definition) is 6. The Morgan fingerprint density at radius 1 is 1.48 bits per heavy atom. The summed E-state index contributed by atoms with van der Waals surface area (Å²) >= 11 is 0. The predicted molar refractivity (Wildman–Crippen MR) is 77.4 cm³/mol. The minimum absolute atomic E-state index is 0.0322. The molecule has 2 rings (SSSR count). The van der Waals surface area contributed by atoms with Gasteiger partial charge in [0, 0.05) is 18.2 Å². The maximum atomic E-state index is 12.3. The van der Waals surface area contributed by atoms with Crippen molar-refractivity contribution in [1.29, 1.82) is 0 Å². The van der Waals surface area contributed by atoms with Crippen LogP contribution < -0.4 is 21.1 Å². The molecule has 1 aromatic carbocycles. The molecule has 21 heavy (non-hydrogen) atoms. The molecule has 1 saturated heterocycles. The van der Waals surface area contributed by atoms with Crippen molar-refractivity contribution in [2.75, 3.05) is 25.9 Å². The van der Waals surface area contributed by atoms with Crippen LogP contribution in [0.1, 0.15) is 23.2 Å². The van der Waals surface area contributed by atoms with Crippen molar-refractivity contribution in [1.82, 2.24) is 10.6 Å². The molecular weight excluding hydrogens is 276 g/mol. The van der Waals surface area contributed by atoms with Gasteiger partial charge in [0.2, 0.25) is 0 Å². The Labute approximate surface area is 121 Å². The Morgan fingerprint density at radius 3 is 2.71 bits per heavy atom. The van der Waals surface area contributed by atoms with Crippen molar-refractivity contribution in [3.63, 3.8) is 0 Å². The molecule has 0 atom stereocenters. The van der Waals surface area contributed by atoms with Crippen LogP contribution in [0.3, 0.4) is 0 Å². The van der Waals surface area contributed by atoms with E-state index < -0.39 is 4.92 Å². The van der Waals surface area contributed by atoms with Crippen molar-refractivity contribution in [3.8, 4) is 5.75 Å². The maximum absolute atomic E-state index is 12.3. The number of methoxy groups -OCH3 is 1. The SMILES string of the molecule is COc1cc(N)c([N+](=O)[O-])cc1C(=O)NC1CCNCC1. The van der Waals surface area contributed by atoms with Gasteiger partial charge in [-0.1, -0.05) is 0 Å². The minimum Gasteiger partial charge on any atom is -0.496 e. The molecule has 1 fully saturated rings. The Kier molecular flexibility index (Phi) is 4.59. The fourth-order valence-electron chi connectivity index (χ4n) is 2.32. The molecule has 1 amide bonds. The van der Waals surface area contributed by atoms with Gasteiger partial charge < -0.3 is 21.1 Å². The van der Waals surface area contributed by atoms with Crippen molar-refractivity contribution in [2.24, 2.45) is 0 Å². The first kappa shape index (κ1) is 15.0. The standard InChI is InChI=1S/C13H18N4O4/c1-21-12-7-10(14)11(17(19)20)6-9(12)13(18)16-8-2-4-15-5-3-8/h6-8,15H,2-5,14H2,1H3,(H,16,18). The Bertz CT molecular complexity index is 555. The molecule has 0 saturated carbocycles. The average molecular weight is 294 g/mol. The third-order valence-corrected chi connectivity index (χ3v) is 3.46. The summed E-state index contributed by atoms with van der Waals surface area (Å²) in [6, 6.07) is 2.51. The molecule has 0 spiro atoms. The number of nitro benzene ring substituents is 1. The van der Waals surface area contributed by atoms with Crippen molar-refractivity contribution in [2.45, 2.75) is 18.9 Å². The number of carbonyl (C=O) groups excluding carboxylic acids is 1. The second-order valence-electron chi connectivity index (χ2n) is 4.87. The van der Waals surface area contributed by atoms with E-state index in [9.17, 15) is 14.9 Å². The maximum Gasteiger partial charge on any atom is 0.293 e. The van der Waals surface area contributed by atoms with Crippen LogP contribution in [0.4, 0.5) is 11.4 Å². The summed E-state index contributed by atoms with van der Waals surface area (Å²) in [6.07, 6.45) is 1.65. The van der Waals surface area contributed by atoms with Gasteiger partial charge in [-0.3, -0.25) is 14.9 Å². The number of hydrogen-bond donors (Lipinski definition) is 3. The number of nitro groups is 1. The number of piperidine rings is 1. The first-order valence-corrected chi connectivity index (χ1v) is 6.66. The molecule has 8 heteroatoms. The number of ether oxygens (including phenoxy) is 1. The zero-order chi connectivity index (χ0) is 15.4. The summed E-state index contributed by atoms with van der Waals surface area (Å²) in [7, 11) is 1.39. The van der Waals surface area contributed by atoms with Crippen LogP contribution in [-0.4, -0.2) is 37.1 Å². The quantitative estimate of drug-likeness (QED) is 0.426. The van der Waals surface area contributed by atoms with E-state index >= 15 is 0 Å². The van der Waals surface area contributed by atoms with Crippen LogP contribution in [0.5, 0.6) is 5.75 Å². The smallest absolute Gasteiger partial charge is 0.293 e. The van der Waals surface area contributed by atoms with Crippen LogP contribution in [0.15, 0.2) is 12.1 Å². The first-order chi connectivity index (χ1) is 10.0. The summed E-state index contributed by atoms with van der Waals surface area (Å²) in [5.41, 5.74) is 5.38. The fourth-order valence-corrected chi connectivity index (χ4v) is 2.32. The molecule has 1 heterocycles. The van der Waals surface area contributed by atoms with Crippen molar-refractivity contribution in [3.05, 3.63) is 27.8 Å². The number of nitrogens with one attached hydrogen (secondary N) is 2. The number of amides is 1. The number of carbonyl (C=O) groups is 1. The van der Waals surface area contributed by atoms with E-state index in [4.69, 9.17) is 10.5 Å². The molecule has 0 radical (unpaired) electrons. The molecule has 1 aliphatic rings. The van der Waals surface area contributed by atoms with Crippen LogP contribution in [-0.2, 0) is 0 Å². The van der Waals surface area contributed by atoms with Crippen LogP contribution in [0, 0.1) is 10.1 Å². The van der Waals surface area contributed by atoms with Gasteiger partial charge in [-0.15, -0.1) is 0 Å². The third-order valence-electron chi connectivity index (χ3n) is 3.46. The normalized spacial score (nSPS) is 15.5. The predicted octanol–water partition coefficient (Wildman–Crippen LogP) is 0.667. The molecule has 4 N–H and O–H groups in total. The second kappa shape index (κ2) is 6.40. The van der Waals surface area contributed by atoms with Gasteiger partial charge >= 0.3 is 0 Å². The minimum atomic E-state index is -0.615. The van der Waals surface area contributed by atoms with Gasteiger partial charge in [0.15, 0.2) is 0 Å². The van der Waals surface area contributed by atoms with Gasteiger partial charge in [-0.2, -0.15) is 0 Å². The number of nitrogens with two attached hydrogens (primary N) is 1. The lowest BCUT2D eigenvalue weighted by atomic mass is 10.1. The summed E-state index contributed by atoms with van der Waals surface area (Å²) in [5.74, 6) is -0.161. The largest absolute Gasteiger partial charge is 0.496 e. The average Bonchev–Trinajstić information content (AvgIpc) is 2.47. The second-order valence-corrected chi connectivity index (χ2v) is 4.87. The zero-order valence-electron chi connectivity index (χ0n) is 11.7. The van der Waals surface area contributed by atoms with Gasteiger partial charge in [0.25, 0.3) is 11.6 Å². The molecule has 1 aromatic rings. The number of nitrogens with zero attached hydrogens (tertiary/aromatic N) is 1. The lowest BCUT2D eigenvalue weighted by Gasteiger charge is -2.24. The fraction of sp³-hybridized carbons (Fsp3) is 0.462. The van der Waals surface area contributed by atoms with E-state index in [1.165, 1.54) is 13.2 Å². The van der Waals surface area contributed by atoms with Crippen LogP contribution >= 0.6 is 0 Å². The molecule has 1 aliphatic heterocycles. The van der Waals surface area contributed by atoms with E-state index in [1.54, 1.807) is 0 Å².